The number of pyridine rings is 2. The van der Waals surface area contributed by atoms with Gasteiger partial charge in [0.15, 0.2) is 5.65 Å². The summed E-state index contributed by atoms with van der Waals surface area (Å²) in [7, 11) is 0. The van der Waals surface area contributed by atoms with Crippen molar-refractivity contribution in [3.8, 4) is 11.1 Å². The highest BCUT2D eigenvalue weighted by Gasteiger charge is 2.19. The van der Waals surface area contributed by atoms with E-state index in [0.717, 1.165) is 33.3 Å². The smallest absolute Gasteiger partial charge is 0.307 e. The number of benzene rings is 2. The Morgan fingerprint density at radius 1 is 0.848 bits per heavy atom. The summed E-state index contributed by atoms with van der Waals surface area (Å²) < 4.78 is 0. The molecule has 0 atom stereocenters. The first-order valence-electron chi connectivity index (χ1n) is 11.1. The van der Waals surface area contributed by atoms with Crippen LogP contribution in [0.3, 0.4) is 0 Å². The van der Waals surface area contributed by atoms with Gasteiger partial charge in [-0.2, -0.15) is 0 Å². The van der Waals surface area contributed by atoms with E-state index < -0.39 is 0 Å². The summed E-state index contributed by atoms with van der Waals surface area (Å²) in [4.78, 5) is 22.1. The monoisotopic (exact) mass is 458 g/mol. The van der Waals surface area contributed by atoms with Crippen LogP contribution in [0.25, 0.3) is 22.2 Å². The number of urea groups is 1. The highest BCUT2D eigenvalue weighted by atomic mass is 35.5. The Kier molecular flexibility index (Phi) is 6.61. The maximum Gasteiger partial charge on any atom is 0.323 e. The van der Waals surface area contributed by atoms with Gasteiger partial charge in [-0.1, -0.05) is 75.7 Å². The molecule has 0 fully saturated rings. The van der Waals surface area contributed by atoms with Crippen molar-refractivity contribution in [3.05, 3.63) is 83.1 Å². The van der Waals surface area contributed by atoms with E-state index in [1.807, 2.05) is 42.5 Å². The molecule has 4 aromatic rings. The van der Waals surface area contributed by atoms with Crippen LogP contribution in [-0.4, -0.2) is 16.0 Å². The van der Waals surface area contributed by atoms with E-state index in [2.05, 4.69) is 60.4 Å². The van der Waals surface area contributed by atoms with Crippen molar-refractivity contribution in [2.45, 2.75) is 39.5 Å². The normalized spacial score (nSPS) is 11.2. The fraction of sp³-hybridized carbons (Fsp3) is 0.222. The molecule has 2 aromatic carbocycles. The fourth-order valence-electron chi connectivity index (χ4n) is 4.04. The number of hydrogen-bond donors (Lipinski definition) is 2. The molecule has 2 amide bonds. The van der Waals surface area contributed by atoms with Gasteiger partial charge in [-0.3, -0.25) is 0 Å². The minimum atomic E-state index is -0.330. The molecule has 0 bridgehead atoms. The lowest BCUT2D eigenvalue weighted by molar-refractivity contribution is 0.262. The van der Waals surface area contributed by atoms with Crippen LogP contribution in [0, 0.1) is 0 Å². The number of nitrogens with one attached hydrogen (secondary N) is 2. The SMILES string of the molecule is CC(C)c1cccc(C(C)C)c1NC(=O)Nc1cnc2ncccc2c1-c1ccccc1Cl. The van der Waals surface area contributed by atoms with Gasteiger partial charge < -0.3 is 10.6 Å². The van der Waals surface area contributed by atoms with Crippen LogP contribution in [0.4, 0.5) is 16.2 Å². The average Bonchev–Trinajstić information content (AvgIpc) is 2.79. The highest BCUT2D eigenvalue weighted by Crippen LogP contribution is 2.38. The Morgan fingerprint density at radius 2 is 1.55 bits per heavy atom. The van der Waals surface area contributed by atoms with Crippen LogP contribution >= 0.6 is 11.6 Å². The molecule has 5 nitrogen and oxygen atoms in total. The van der Waals surface area contributed by atoms with Crippen LogP contribution in [0.1, 0.15) is 50.7 Å². The highest BCUT2D eigenvalue weighted by molar-refractivity contribution is 6.34. The van der Waals surface area contributed by atoms with Crippen molar-refractivity contribution in [1.82, 2.24) is 9.97 Å². The third-order valence-corrected chi connectivity index (χ3v) is 5.97. The van der Waals surface area contributed by atoms with Crippen molar-refractivity contribution < 1.29 is 4.79 Å². The minimum absolute atomic E-state index is 0.270. The predicted molar refractivity (Wildman–Crippen MR) is 137 cm³/mol. The molecule has 0 saturated heterocycles. The number of aromatic nitrogens is 2. The molecule has 6 heteroatoms. The van der Waals surface area contributed by atoms with Crippen LogP contribution in [0.15, 0.2) is 67.0 Å². The van der Waals surface area contributed by atoms with Crippen molar-refractivity contribution in [1.29, 1.82) is 0 Å². The Morgan fingerprint density at radius 3 is 2.21 bits per heavy atom. The summed E-state index contributed by atoms with van der Waals surface area (Å²) in [6.07, 6.45) is 3.33. The van der Waals surface area contributed by atoms with Gasteiger partial charge in [0.1, 0.15) is 0 Å². The second-order valence-electron chi connectivity index (χ2n) is 8.60. The Labute approximate surface area is 199 Å². The van der Waals surface area contributed by atoms with E-state index in [1.165, 1.54) is 0 Å². The van der Waals surface area contributed by atoms with Crippen LogP contribution in [0.2, 0.25) is 5.02 Å². The zero-order chi connectivity index (χ0) is 23.5. The molecule has 33 heavy (non-hydrogen) atoms. The average molecular weight is 459 g/mol. The first kappa shape index (κ1) is 22.7. The topological polar surface area (TPSA) is 66.9 Å². The van der Waals surface area contributed by atoms with Gasteiger partial charge in [0.2, 0.25) is 0 Å². The van der Waals surface area contributed by atoms with Crippen molar-refractivity contribution >= 4 is 40.0 Å². The van der Waals surface area contributed by atoms with Gasteiger partial charge in [0.25, 0.3) is 0 Å². The number of fused-ring (bicyclic) bond motifs is 1. The number of nitrogens with zero attached hydrogens (tertiary/aromatic N) is 2. The van der Waals surface area contributed by atoms with E-state index >= 15 is 0 Å². The van der Waals surface area contributed by atoms with Gasteiger partial charge in [-0.25, -0.2) is 14.8 Å². The van der Waals surface area contributed by atoms with Crippen LogP contribution in [-0.2, 0) is 0 Å². The standard InChI is InChI=1S/C27H27ClN4O/c1-16(2)18-10-7-11-19(17(3)4)25(18)32-27(33)31-23-15-30-26-21(12-8-14-29-26)24(23)20-9-5-6-13-22(20)28/h5-17H,1-4H3,(H2,31,32,33). The van der Waals surface area contributed by atoms with Crippen molar-refractivity contribution in [2.75, 3.05) is 10.6 Å². The lowest BCUT2D eigenvalue weighted by Crippen LogP contribution is -2.22. The van der Waals surface area contributed by atoms with Crippen LogP contribution < -0.4 is 10.6 Å². The zero-order valence-corrected chi connectivity index (χ0v) is 19.9. The predicted octanol–water partition coefficient (Wildman–Crippen LogP) is 7.84. The van der Waals surface area contributed by atoms with E-state index in [4.69, 9.17) is 11.6 Å². The molecular weight excluding hydrogens is 432 g/mol. The third kappa shape index (κ3) is 4.69. The van der Waals surface area contributed by atoms with Gasteiger partial charge in [-0.05, 0) is 41.2 Å². The molecule has 0 aliphatic heterocycles. The minimum Gasteiger partial charge on any atom is -0.307 e. The third-order valence-electron chi connectivity index (χ3n) is 5.64. The summed E-state index contributed by atoms with van der Waals surface area (Å²) in [6.45, 7) is 8.49. The number of anilines is 2. The first-order chi connectivity index (χ1) is 15.9. The Hall–Kier alpha value is -3.44. The van der Waals surface area contributed by atoms with E-state index in [1.54, 1.807) is 12.4 Å². The molecule has 4 rings (SSSR count). The lowest BCUT2D eigenvalue weighted by atomic mass is 9.93. The van der Waals surface area contributed by atoms with Gasteiger partial charge in [0, 0.05) is 33.4 Å². The molecule has 0 radical (unpaired) electrons. The quantitative estimate of drug-likeness (QED) is 0.320. The number of hydrogen-bond acceptors (Lipinski definition) is 3. The number of halogens is 1. The Balaban J connectivity index is 1.77. The van der Waals surface area contributed by atoms with Gasteiger partial charge >= 0.3 is 6.03 Å². The molecule has 2 aromatic heterocycles. The number of rotatable bonds is 5. The second kappa shape index (κ2) is 9.59. The molecule has 2 heterocycles. The van der Waals surface area contributed by atoms with E-state index in [-0.39, 0.29) is 17.9 Å². The van der Waals surface area contributed by atoms with Crippen molar-refractivity contribution in [3.63, 3.8) is 0 Å². The molecule has 168 valence electrons. The summed E-state index contributed by atoms with van der Waals surface area (Å²) in [5, 5.41) is 7.52. The maximum absolute atomic E-state index is 13.2. The summed E-state index contributed by atoms with van der Waals surface area (Å²) in [5.41, 5.74) is 5.80. The van der Waals surface area contributed by atoms with Gasteiger partial charge in [-0.15, -0.1) is 0 Å². The lowest BCUT2D eigenvalue weighted by Gasteiger charge is -2.21. The number of para-hydroxylation sites is 1. The van der Waals surface area contributed by atoms with E-state index in [0.29, 0.717) is 16.4 Å². The number of amides is 2. The zero-order valence-electron chi connectivity index (χ0n) is 19.2. The maximum atomic E-state index is 13.2. The van der Waals surface area contributed by atoms with Crippen LogP contribution in [0.5, 0.6) is 0 Å². The summed E-state index contributed by atoms with van der Waals surface area (Å²) in [6, 6.07) is 17.2. The molecule has 0 saturated carbocycles. The molecular formula is C27H27ClN4O. The number of carbonyl (C=O) groups is 1. The van der Waals surface area contributed by atoms with Gasteiger partial charge in [0.05, 0.1) is 11.9 Å². The molecule has 0 spiro atoms. The van der Waals surface area contributed by atoms with E-state index in [9.17, 15) is 4.79 Å². The molecule has 2 N–H and O–H groups in total. The summed E-state index contributed by atoms with van der Waals surface area (Å²) >= 11 is 6.54. The molecule has 0 aliphatic rings. The first-order valence-corrected chi connectivity index (χ1v) is 11.4. The molecule has 0 aliphatic carbocycles. The van der Waals surface area contributed by atoms with Crippen molar-refractivity contribution in [2.24, 2.45) is 0 Å². The fourth-order valence-corrected chi connectivity index (χ4v) is 4.27. The largest absolute Gasteiger partial charge is 0.323 e. The molecule has 0 unspecified atom stereocenters. The summed E-state index contributed by atoms with van der Waals surface area (Å²) in [5.74, 6) is 0.539. The second-order valence-corrected chi connectivity index (χ2v) is 9.01. The number of carbonyl (C=O) groups excluding carboxylic acids is 1. The Bertz CT molecular complexity index is 1290.